The highest BCUT2D eigenvalue weighted by molar-refractivity contribution is 7.13. The maximum Gasteiger partial charge on any atom is 0.303 e. The third-order valence-corrected chi connectivity index (χ3v) is 2.77. The van der Waals surface area contributed by atoms with Gasteiger partial charge < -0.3 is 10.4 Å². The molecule has 0 radical (unpaired) electrons. The Hall–Kier alpha value is -1.10. The Kier molecular flexibility index (Phi) is 4.29. The molecular formula is C11H18N2O2S. The molecule has 0 unspecified atom stereocenters. The molecule has 1 aromatic rings. The van der Waals surface area contributed by atoms with Crippen LogP contribution in [0.3, 0.4) is 0 Å². The van der Waals surface area contributed by atoms with Gasteiger partial charge >= 0.3 is 5.97 Å². The first kappa shape index (κ1) is 13.0. The van der Waals surface area contributed by atoms with E-state index in [-0.39, 0.29) is 11.8 Å². The van der Waals surface area contributed by atoms with Crippen molar-refractivity contribution >= 4 is 22.4 Å². The minimum Gasteiger partial charge on any atom is -0.481 e. The number of hydrogen-bond donors (Lipinski definition) is 2. The summed E-state index contributed by atoms with van der Waals surface area (Å²) in [5.74, 6) is -0.780. The summed E-state index contributed by atoms with van der Waals surface area (Å²) in [6.07, 6.45) is 0.644. The number of thiazole rings is 1. The molecule has 0 aliphatic rings. The van der Waals surface area contributed by atoms with Crippen LogP contribution in [0.4, 0.5) is 5.13 Å². The highest BCUT2D eigenvalue weighted by Crippen LogP contribution is 2.19. The number of carboxylic acids is 1. The molecule has 0 bridgehead atoms. The van der Waals surface area contributed by atoms with E-state index in [9.17, 15) is 4.79 Å². The predicted molar refractivity (Wildman–Crippen MR) is 66.0 cm³/mol. The van der Waals surface area contributed by atoms with Crippen LogP contribution in [-0.4, -0.2) is 22.6 Å². The fourth-order valence-corrected chi connectivity index (χ4v) is 1.82. The zero-order chi connectivity index (χ0) is 12.2. The monoisotopic (exact) mass is 242 g/mol. The second kappa shape index (κ2) is 5.30. The van der Waals surface area contributed by atoms with Gasteiger partial charge in [0.2, 0.25) is 0 Å². The summed E-state index contributed by atoms with van der Waals surface area (Å²) in [6, 6.07) is 0. The largest absolute Gasteiger partial charge is 0.481 e. The van der Waals surface area contributed by atoms with E-state index in [4.69, 9.17) is 5.11 Å². The van der Waals surface area contributed by atoms with Crippen molar-refractivity contribution in [2.24, 2.45) is 5.41 Å². The highest BCUT2D eigenvalue weighted by atomic mass is 32.1. The Morgan fingerprint density at radius 1 is 1.56 bits per heavy atom. The first-order valence-electron chi connectivity index (χ1n) is 5.27. The van der Waals surface area contributed by atoms with Gasteiger partial charge in [-0.2, -0.15) is 0 Å². The van der Waals surface area contributed by atoms with Crippen molar-refractivity contribution < 1.29 is 9.90 Å². The molecule has 90 valence electrons. The van der Waals surface area contributed by atoms with E-state index in [1.165, 1.54) is 11.3 Å². The molecule has 2 N–H and O–H groups in total. The second-order valence-electron chi connectivity index (χ2n) is 4.95. The SMILES string of the molecule is CC(C)(C)CNc1nc(CCC(=O)O)cs1. The molecule has 1 aromatic heterocycles. The van der Waals surface area contributed by atoms with Gasteiger partial charge in [-0.1, -0.05) is 20.8 Å². The molecule has 0 aliphatic carbocycles. The molecule has 0 saturated carbocycles. The lowest BCUT2D eigenvalue weighted by atomic mass is 9.97. The molecule has 5 heteroatoms. The van der Waals surface area contributed by atoms with Crippen LogP contribution >= 0.6 is 11.3 Å². The topological polar surface area (TPSA) is 62.2 Å². The Morgan fingerprint density at radius 2 is 2.25 bits per heavy atom. The zero-order valence-electron chi connectivity index (χ0n) is 9.91. The van der Waals surface area contributed by atoms with Gasteiger partial charge in [0.15, 0.2) is 5.13 Å². The summed E-state index contributed by atoms with van der Waals surface area (Å²) >= 11 is 1.53. The third kappa shape index (κ3) is 5.11. The Morgan fingerprint density at radius 3 is 2.81 bits per heavy atom. The molecule has 0 aromatic carbocycles. The van der Waals surface area contributed by atoms with Crippen LogP contribution in [0.2, 0.25) is 0 Å². The summed E-state index contributed by atoms with van der Waals surface area (Å²) in [4.78, 5) is 14.7. The fourth-order valence-electron chi connectivity index (χ4n) is 1.08. The van der Waals surface area contributed by atoms with Crippen molar-refractivity contribution in [3.8, 4) is 0 Å². The Bertz CT molecular complexity index is 355. The van der Waals surface area contributed by atoms with E-state index in [1.54, 1.807) is 0 Å². The van der Waals surface area contributed by atoms with Crippen LogP contribution in [-0.2, 0) is 11.2 Å². The lowest BCUT2D eigenvalue weighted by molar-refractivity contribution is -0.136. The molecule has 0 spiro atoms. The number of nitrogens with one attached hydrogen (secondary N) is 1. The summed E-state index contributed by atoms with van der Waals surface area (Å²) in [5, 5.41) is 14.6. The number of hydrogen-bond acceptors (Lipinski definition) is 4. The molecule has 16 heavy (non-hydrogen) atoms. The molecule has 0 saturated heterocycles. The third-order valence-electron chi connectivity index (χ3n) is 1.92. The van der Waals surface area contributed by atoms with Gasteiger partial charge in [-0.3, -0.25) is 4.79 Å². The minimum atomic E-state index is -0.780. The number of aliphatic carboxylic acids is 1. The first-order chi connectivity index (χ1) is 7.37. The number of carbonyl (C=O) groups is 1. The zero-order valence-corrected chi connectivity index (χ0v) is 10.7. The maximum absolute atomic E-state index is 10.4. The van der Waals surface area contributed by atoms with Crippen LogP contribution in [0.25, 0.3) is 0 Å². The second-order valence-corrected chi connectivity index (χ2v) is 5.81. The molecule has 0 atom stereocenters. The van der Waals surface area contributed by atoms with Gasteiger partial charge in [-0.15, -0.1) is 11.3 Å². The molecule has 0 fully saturated rings. The Balaban J connectivity index is 2.42. The molecule has 1 rings (SSSR count). The standard InChI is InChI=1S/C11H18N2O2S/c1-11(2,3)7-12-10-13-8(6-16-10)4-5-9(14)15/h6H,4-5,7H2,1-3H3,(H,12,13)(H,14,15). The first-order valence-corrected chi connectivity index (χ1v) is 6.15. The van der Waals surface area contributed by atoms with E-state index < -0.39 is 5.97 Å². The van der Waals surface area contributed by atoms with Crippen LogP contribution in [0.15, 0.2) is 5.38 Å². The molecule has 4 nitrogen and oxygen atoms in total. The molecule has 1 heterocycles. The Labute approximate surface area is 99.7 Å². The fraction of sp³-hybridized carbons (Fsp3) is 0.636. The summed E-state index contributed by atoms with van der Waals surface area (Å²) in [6.45, 7) is 7.32. The number of nitrogens with zero attached hydrogens (tertiary/aromatic N) is 1. The van der Waals surface area contributed by atoms with Gasteiger partial charge in [0, 0.05) is 18.3 Å². The van der Waals surface area contributed by atoms with Gasteiger partial charge in [0.05, 0.1) is 12.1 Å². The van der Waals surface area contributed by atoms with Gasteiger partial charge in [0.25, 0.3) is 0 Å². The number of carboxylic acid groups (broad SMARTS) is 1. The van der Waals surface area contributed by atoms with Crippen molar-refractivity contribution in [3.05, 3.63) is 11.1 Å². The van der Waals surface area contributed by atoms with Gasteiger partial charge in [0.1, 0.15) is 0 Å². The van der Waals surface area contributed by atoms with Crippen LogP contribution < -0.4 is 5.32 Å². The van der Waals surface area contributed by atoms with Crippen molar-refractivity contribution in [2.45, 2.75) is 33.6 Å². The number of aryl methyl sites for hydroxylation is 1. The van der Waals surface area contributed by atoms with Gasteiger partial charge in [-0.05, 0) is 5.41 Å². The van der Waals surface area contributed by atoms with Crippen molar-refractivity contribution in [3.63, 3.8) is 0 Å². The van der Waals surface area contributed by atoms with Crippen molar-refractivity contribution in [1.82, 2.24) is 4.98 Å². The van der Waals surface area contributed by atoms with E-state index >= 15 is 0 Å². The lowest BCUT2D eigenvalue weighted by Gasteiger charge is -2.17. The van der Waals surface area contributed by atoms with Crippen molar-refractivity contribution in [2.75, 3.05) is 11.9 Å². The summed E-state index contributed by atoms with van der Waals surface area (Å²) in [7, 11) is 0. The normalized spacial score (nSPS) is 11.4. The minimum absolute atomic E-state index is 0.141. The maximum atomic E-state index is 10.4. The van der Waals surface area contributed by atoms with E-state index in [0.29, 0.717) is 6.42 Å². The van der Waals surface area contributed by atoms with Crippen LogP contribution in [0.1, 0.15) is 32.9 Å². The highest BCUT2D eigenvalue weighted by Gasteiger charge is 2.11. The van der Waals surface area contributed by atoms with Crippen LogP contribution in [0, 0.1) is 5.41 Å². The summed E-state index contributed by atoms with van der Waals surface area (Å²) in [5.41, 5.74) is 1.07. The van der Waals surface area contributed by atoms with Crippen molar-refractivity contribution in [1.29, 1.82) is 0 Å². The van der Waals surface area contributed by atoms with Gasteiger partial charge in [-0.25, -0.2) is 4.98 Å². The average Bonchev–Trinajstić information content (AvgIpc) is 2.58. The molecular weight excluding hydrogens is 224 g/mol. The van der Waals surface area contributed by atoms with E-state index in [1.807, 2.05) is 5.38 Å². The number of aromatic nitrogens is 1. The van der Waals surface area contributed by atoms with E-state index in [2.05, 4.69) is 31.1 Å². The predicted octanol–water partition coefficient (Wildman–Crippen LogP) is 2.62. The molecule has 0 aliphatic heterocycles. The van der Waals surface area contributed by atoms with Crippen LogP contribution in [0.5, 0.6) is 0 Å². The van der Waals surface area contributed by atoms with E-state index in [0.717, 1.165) is 17.4 Å². The smallest absolute Gasteiger partial charge is 0.303 e. The summed E-state index contributed by atoms with van der Waals surface area (Å²) < 4.78 is 0. The number of rotatable bonds is 5. The molecule has 0 amide bonds. The quantitative estimate of drug-likeness (QED) is 0.833. The average molecular weight is 242 g/mol. The number of anilines is 1. The lowest BCUT2D eigenvalue weighted by Crippen LogP contribution is -2.18.